The van der Waals surface area contributed by atoms with E-state index in [9.17, 15) is 4.79 Å². The standard InChI is InChI=1S/C14H12ClNOS/c15-12-4-6-13(7-5-12)18-9-10-2-1-3-11(8-10)14(16)17/h1-8H,9H2,(H2,16,17). The number of amides is 1. The maximum absolute atomic E-state index is 11.1. The van der Waals surface area contributed by atoms with Gasteiger partial charge in [-0.2, -0.15) is 0 Å². The van der Waals surface area contributed by atoms with E-state index in [2.05, 4.69) is 0 Å². The molecule has 0 aliphatic carbocycles. The van der Waals surface area contributed by atoms with Crippen LogP contribution in [0.3, 0.4) is 0 Å². The first-order chi connectivity index (χ1) is 8.65. The minimum atomic E-state index is -0.395. The summed E-state index contributed by atoms with van der Waals surface area (Å²) in [6.07, 6.45) is 0. The highest BCUT2D eigenvalue weighted by Crippen LogP contribution is 2.24. The third kappa shape index (κ3) is 3.52. The molecule has 92 valence electrons. The van der Waals surface area contributed by atoms with Crippen molar-refractivity contribution in [3.05, 3.63) is 64.7 Å². The lowest BCUT2D eigenvalue weighted by atomic mass is 10.1. The topological polar surface area (TPSA) is 43.1 Å². The van der Waals surface area contributed by atoms with E-state index in [-0.39, 0.29) is 0 Å². The lowest BCUT2D eigenvalue weighted by Crippen LogP contribution is -2.10. The number of hydrogen-bond acceptors (Lipinski definition) is 2. The number of halogens is 1. The highest BCUT2D eigenvalue weighted by atomic mass is 35.5. The van der Waals surface area contributed by atoms with Crippen LogP contribution in [0.5, 0.6) is 0 Å². The minimum absolute atomic E-state index is 0.395. The van der Waals surface area contributed by atoms with Crippen molar-refractivity contribution in [1.82, 2.24) is 0 Å². The first-order valence-electron chi connectivity index (χ1n) is 5.42. The second-order valence-corrected chi connectivity index (χ2v) is 5.29. The van der Waals surface area contributed by atoms with Crippen LogP contribution < -0.4 is 5.73 Å². The van der Waals surface area contributed by atoms with Crippen LogP contribution in [0.15, 0.2) is 53.4 Å². The zero-order valence-electron chi connectivity index (χ0n) is 9.60. The van der Waals surface area contributed by atoms with Gasteiger partial charge in [-0.25, -0.2) is 0 Å². The molecule has 0 aromatic heterocycles. The van der Waals surface area contributed by atoms with Crippen LogP contribution in [-0.4, -0.2) is 5.91 Å². The molecule has 0 aliphatic rings. The fourth-order valence-electron chi connectivity index (χ4n) is 1.51. The molecule has 0 aliphatic heterocycles. The smallest absolute Gasteiger partial charge is 0.248 e. The second kappa shape index (κ2) is 5.94. The van der Waals surface area contributed by atoms with Crippen LogP contribution in [0.1, 0.15) is 15.9 Å². The van der Waals surface area contributed by atoms with E-state index in [1.807, 2.05) is 42.5 Å². The van der Waals surface area contributed by atoms with Gasteiger partial charge in [0.2, 0.25) is 5.91 Å². The molecule has 2 aromatic rings. The van der Waals surface area contributed by atoms with Gasteiger partial charge in [-0.05, 0) is 42.0 Å². The third-order valence-electron chi connectivity index (χ3n) is 2.43. The molecule has 0 bridgehead atoms. The lowest BCUT2D eigenvalue weighted by molar-refractivity contribution is 0.1000. The average Bonchev–Trinajstić information content (AvgIpc) is 2.38. The monoisotopic (exact) mass is 277 g/mol. The highest BCUT2D eigenvalue weighted by molar-refractivity contribution is 7.98. The van der Waals surface area contributed by atoms with Crippen molar-refractivity contribution in [2.45, 2.75) is 10.6 Å². The zero-order valence-corrected chi connectivity index (χ0v) is 11.2. The molecule has 4 heteroatoms. The number of primary amides is 1. The summed E-state index contributed by atoms with van der Waals surface area (Å²) >= 11 is 7.52. The number of nitrogens with two attached hydrogens (primary N) is 1. The van der Waals surface area contributed by atoms with E-state index in [4.69, 9.17) is 17.3 Å². The van der Waals surface area contributed by atoms with Gasteiger partial charge in [-0.3, -0.25) is 4.79 Å². The van der Waals surface area contributed by atoms with E-state index in [0.29, 0.717) is 5.56 Å². The maximum atomic E-state index is 11.1. The number of carbonyl (C=O) groups excluding carboxylic acids is 1. The normalized spacial score (nSPS) is 10.3. The van der Waals surface area contributed by atoms with Crippen LogP contribution in [0.4, 0.5) is 0 Å². The third-order valence-corrected chi connectivity index (χ3v) is 3.77. The van der Waals surface area contributed by atoms with Crippen LogP contribution in [0.2, 0.25) is 5.02 Å². The van der Waals surface area contributed by atoms with Crippen LogP contribution in [0, 0.1) is 0 Å². The van der Waals surface area contributed by atoms with E-state index >= 15 is 0 Å². The van der Waals surface area contributed by atoms with E-state index < -0.39 is 5.91 Å². The number of rotatable bonds is 4. The summed E-state index contributed by atoms with van der Waals surface area (Å²) in [5.41, 5.74) is 6.87. The van der Waals surface area contributed by atoms with Crippen LogP contribution >= 0.6 is 23.4 Å². The number of thioether (sulfide) groups is 1. The van der Waals surface area contributed by atoms with Crippen molar-refractivity contribution >= 4 is 29.3 Å². The molecule has 18 heavy (non-hydrogen) atoms. The molecule has 0 saturated heterocycles. The van der Waals surface area contributed by atoms with Crippen molar-refractivity contribution in [3.63, 3.8) is 0 Å². The van der Waals surface area contributed by atoms with E-state index in [1.165, 1.54) is 0 Å². The molecule has 2 N–H and O–H groups in total. The second-order valence-electron chi connectivity index (χ2n) is 3.81. The fraction of sp³-hybridized carbons (Fsp3) is 0.0714. The van der Waals surface area contributed by atoms with Crippen molar-refractivity contribution in [2.75, 3.05) is 0 Å². The van der Waals surface area contributed by atoms with Gasteiger partial charge in [0.1, 0.15) is 0 Å². The molecule has 0 saturated carbocycles. The first-order valence-corrected chi connectivity index (χ1v) is 6.78. The molecule has 0 unspecified atom stereocenters. The molecule has 2 aromatic carbocycles. The summed E-state index contributed by atoms with van der Waals surface area (Å²) in [4.78, 5) is 12.2. The van der Waals surface area contributed by atoms with Gasteiger partial charge >= 0.3 is 0 Å². The Kier molecular flexibility index (Phi) is 4.28. The Morgan fingerprint density at radius 1 is 1.17 bits per heavy atom. The molecule has 0 radical (unpaired) electrons. The molecule has 2 nitrogen and oxygen atoms in total. The maximum Gasteiger partial charge on any atom is 0.248 e. The summed E-state index contributed by atoms with van der Waals surface area (Å²) in [5.74, 6) is 0.399. The molecule has 2 rings (SSSR count). The summed E-state index contributed by atoms with van der Waals surface area (Å²) in [6.45, 7) is 0. The van der Waals surface area contributed by atoms with Gasteiger partial charge < -0.3 is 5.73 Å². The van der Waals surface area contributed by atoms with Gasteiger partial charge in [-0.1, -0.05) is 23.7 Å². The number of carbonyl (C=O) groups is 1. The first kappa shape index (κ1) is 13.0. The molecule has 1 amide bonds. The van der Waals surface area contributed by atoms with Crippen molar-refractivity contribution < 1.29 is 4.79 Å². The molecular formula is C14H12ClNOS. The minimum Gasteiger partial charge on any atom is -0.366 e. The van der Waals surface area contributed by atoms with E-state index in [0.717, 1.165) is 21.2 Å². The Morgan fingerprint density at radius 3 is 2.56 bits per heavy atom. The number of benzene rings is 2. The summed E-state index contributed by atoms with van der Waals surface area (Å²) in [7, 11) is 0. The molecule has 0 spiro atoms. The predicted molar refractivity (Wildman–Crippen MR) is 76.0 cm³/mol. The molecule has 0 atom stereocenters. The van der Waals surface area contributed by atoms with Gasteiger partial charge in [-0.15, -0.1) is 11.8 Å². The Hall–Kier alpha value is -1.45. The Bertz CT molecular complexity index is 554. The summed E-state index contributed by atoms with van der Waals surface area (Å²) in [6, 6.07) is 15.1. The average molecular weight is 278 g/mol. The predicted octanol–water partition coefficient (Wildman–Crippen LogP) is 3.73. The van der Waals surface area contributed by atoms with Crippen molar-refractivity contribution in [2.24, 2.45) is 5.73 Å². The Balaban J connectivity index is 2.04. The highest BCUT2D eigenvalue weighted by Gasteiger charge is 2.02. The Morgan fingerprint density at radius 2 is 1.89 bits per heavy atom. The summed E-state index contributed by atoms with van der Waals surface area (Å²) < 4.78 is 0. The summed E-state index contributed by atoms with van der Waals surface area (Å²) in [5, 5.41) is 0.732. The Labute approximate surface area is 115 Å². The zero-order chi connectivity index (χ0) is 13.0. The van der Waals surface area contributed by atoms with Crippen molar-refractivity contribution in [1.29, 1.82) is 0 Å². The lowest BCUT2D eigenvalue weighted by Gasteiger charge is -2.03. The molecule has 0 heterocycles. The quantitative estimate of drug-likeness (QED) is 0.866. The fourth-order valence-corrected chi connectivity index (χ4v) is 2.48. The van der Waals surface area contributed by atoms with Gasteiger partial charge in [0.05, 0.1) is 0 Å². The van der Waals surface area contributed by atoms with Gasteiger partial charge in [0, 0.05) is 21.2 Å². The number of hydrogen-bond donors (Lipinski definition) is 1. The largest absolute Gasteiger partial charge is 0.366 e. The van der Waals surface area contributed by atoms with E-state index in [1.54, 1.807) is 17.8 Å². The molecular weight excluding hydrogens is 266 g/mol. The van der Waals surface area contributed by atoms with Gasteiger partial charge in [0.15, 0.2) is 0 Å². The van der Waals surface area contributed by atoms with Gasteiger partial charge in [0.25, 0.3) is 0 Å². The van der Waals surface area contributed by atoms with Crippen LogP contribution in [-0.2, 0) is 5.75 Å². The SMILES string of the molecule is NC(=O)c1cccc(CSc2ccc(Cl)cc2)c1. The van der Waals surface area contributed by atoms with Crippen LogP contribution in [0.25, 0.3) is 0 Å². The van der Waals surface area contributed by atoms with Crippen molar-refractivity contribution in [3.8, 4) is 0 Å². The molecule has 0 fully saturated rings.